The van der Waals surface area contributed by atoms with Gasteiger partial charge >= 0.3 is 0 Å². The van der Waals surface area contributed by atoms with E-state index in [1.165, 1.54) is 18.4 Å². The van der Waals surface area contributed by atoms with Crippen LogP contribution in [-0.4, -0.2) is 11.8 Å². The minimum Gasteiger partial charge on any atom is -0.326 e. The maximum atomic E-state index is 11.9. The summed E-state index contributed by atoms with van der Waals surface area (Å²) in [5, 5.41) is 2.96. The van der Waals surface area contributed by atoms with E-state index in [9.17, 15) is 4.79 Å². The van der Waals surface area contributed by atoms with Gasteiger partial charge in [0.2, 0.25) is 5.91 Å². The standard InChI is InChI=1S/C14H18ClNO/c1-10(12-4-5-12)14(17)16-13-6-2-11(3-7-13)8-9-15/h2-3,6-7,10,12H,4-5,8-9H2,1H3,(H,16,17). The zero-order valence-electron chi connectivity index (χ0n) is 10.1. The third-order valence-corrected chi connectivity index (χ3v) is 3.54. The fourth-order valence-electron chi connectivity index (χ4n) is 1.93. The van der Waals surface area contributed by atoms with E-state index in [4.69, 9.17) is 11.6 Å². The molecule has 0 aliphatic heterocycles. The van der Waals surface area contributed by atoms with Crippen molar-refractivity contribution in [1.82, 2.24) is 0 Å². The second-order valence-corrected chi connectivity index (χ2v) is 5.13. The van der Waals surface area contributed by atoms with Crippen LogP contribution in [0.15, 0.2) is 24.3 Å². The second-order valence-electron chi connectivity index (χ2n) is 4.75. The Balaban J connectivity index is 1.91. The van der Waals surface area contributed by atoms with Gasteiger partial charge in [0, 0.05) is 17.5 Å². The first-order valence-electron chi connectivity index (χ1n) is 6.16. The van der Waals surface area contributed by atoms with Crippen molar-refractivity contribution in [3.63, 3.8) is 0 Å². The van der Waals surface area contributed by atoms with E-state index in [-0.39, 0.29) is 11.8 Å². The predicted octanol–water partition coefficient (Wildman–Crippen LogP) is 3.45. The summed E-state index contributed by atoms with van der Waals surface area (Å²) < 4.78 is 0. The zero-order chi connectivity index (χ0) is 12.3. The van der Waals surface area contributed by atoms with Gasteiger partial charge in [-0.05, 0) is 42.9 Å². The molecule has 1 amide bonds. The molecule has 2 nitrogen and oxygen atoms in total. The van der Waals surface area contributed by atoms with E-state index < -0.39 is 0 Å². The molecule has 0 saturated heterocycles. The minimum atomic E-state index is 0.137. The van der Waals surface area contributed by atoms with Crippen molar-refractivity contribution in [1.29, 1.82) is 0 Å². The number of hydrogen-bond acceptors (Lipinski definition) is 1. The molecule has 92 valence electrons. The number of amides is 1. The number of aryl methyl sites for hydroxylation is 1. The number of anilines is 1. The number of rotatable bonds is 5. The lowest BCUT2D eigenvalue weighted by molar-refractivity contribution is -0.119. The quantitative estimate of drug-likeness (QED) is 0.798. The first-order valence-corrected chi connectivity index (χ1v) is 6.70. The lowest BCUT2D eigenvalue weighted by atomic mass is 10.1. The Morgan fingerprint density at radius 3 is 2.59 bits per heavy atom. The number of hydrogen-bond donors (Lipinski definition) is 1. The minimum absolute atomic E-state index is 0.137. The highest BCUT2D eigenvalue weighted by molar-refractivity contribution is 6.17. The smallest absolute Gasteiger partial charge is 0.227 e. The van der Waals surface area contributed by atoms with Crippen LogP contribution in [0.2, 0.25) is 0 Å². The van der Waals surface area contributed by atoms with Crippen molar-refractivity contribution >= 4 is 23.2 Å². The Morgan fingerprint density at radius 2 is 2.06 bits per heavy atom. The summed E-state index contributed by atoms with van der Waals surface area (Å²) in [5.41, 5.74) is 2.08. The topological polar surface area (TPSA) is 29.1 Å². The summed E-state index contributed by atoms with van der Waals surface area (Å²) in [6, 6.07) is 7.92. The van der Waals surface area contributed by atoms with Gasteiger partial charge in [-0.2, -0.15) is 0 Å². The summed E-state index contributed by atoms with van der Waals surface area (Å²) in [4.78, 5) is 11.9. The Kier molecular flexibility index (Phi) is 4.06. The Bertz CT molecular complexity index is 384. The highest BCUT2D eigenvalue weighted by Crippen LogP contribution is 2.37. The number of benzene rings is 1. The van der Waals surface area contributed by atoms with Crippen LogP contribution in [0.5, 0.6) is 0 Å². The number of carbonyl (C=O) groups is 1. The lowest BCUT2D eigenvalue weighted by Gasteiger charge is -2.11. The van der Waals surface area contributed by atoms with Crippen molar-refractivity contribution in [3.8, 4) is 0 Å². The highest BCUT2D eigenvalue weighted by Gasteiger charge is 2.32. The summed E-state index contributed by atoms with van der Waals surface area (Å²) in [7, 11) is 0. The van der Waals surface area contributed by atoms with Crippen LogP contribution in [0.4, 0.5) is 5.69 Å². The third kappa shape index (κ3) is 3.47. The van der Waals surface area contributed by atoms with Gasteiger partial charge < -0.3 is 5.32 Å². The summed E-state index contributed by atoms with van der Waals surface area (Å²) in [5.74, 6) is 1.50. The molecule has 17 heavy (non-hydrogen) atoms. The van der Waals surface area contributed by atoms with Gasteiger partial charge in [-0.25, -0.2) is 0 Å². The molecule has 1 aromatic rings. The molecule has 1 unspecified atom stereocenters. The number of alkyl halides is 1. The molecule has 0 aromatic heterocycles. The first-order chi connectivity index (χ1) is 8.20. The van der Waals surface area contributed by atoms with Crippen molar-refractivity contribution in [3.05, 3.63) is 29.8 Å². The summed E-state index contributed by atoms with van der Waals surface area (Å²) >= 11 is 5.67. The number of nitrogens with one attached hydrogen (secondary N) is 1. The van der Waals surface area contributed by atoms with E-state index in [0.29, 0.717) is 11.8 Å². The highest BCUT2D eigenvalue weighted by atomic mass is 35.5. The Morgan fingerprint density at radius 1 is 1.41 bits per heavy atom. The van der Waals surface area contributed by atoms with Gasteiger partial charge in [0.15, 0.2) is 0 Å². The second kappa shape index (κ2) is 5.54. The normalized spacial score (nSPS) is 16.6. The molecule has 3 heteroatoms. The van der Waals surface area contributed by atoms with E-state index in [1.807, 2.05) is 31.2 Å². The Hall–Kier alpha value is -1.02. The first kappa shape index (κ1) is 12.4. The molecular weight excluding hydrogens is 234 g/mol. The fourth-order valence-corrected chi connectivity index (χ4v) is 2.15. The van der Waals surface area contributed by atoms with Crippen LogP contribution in [-0.2, 0) is 11.2 Å². The van der Waals surface area contributed by atoms with Gasteiger partial charge in [0.25, 0.3) is 0 Å². The van der Waals surface area contributed by atoms with Gasteiger partial charge in [-0.3, -0.25) is 4.79 Å². The maximum absolute atomic E-state index is 11.9. The lowest BCUT2D eigenvalue weighted by Crippen LogP contribution is -2.21. The monoisotopic (exact) mass is 251 g/mol. The molecule has 0 spiro atoms. The molecule has 1 fully saturated rings. The molecule has 0 radical (unpaired) electrons. The van der Waals surface area contributed by atoms with Crippen LogP contribution in [0, 0.1) is 11.8 Å². The van der Waals surface area contributed by atoms with Crippen molar-refractivity contribution in [2.45, 2.75) is 26.2 Å². The predicted molar refractivity (Wildman–Crippen MR) is 71.4 cm³/mol. The fraction of sp³-hybridized carbons (Fsp3) is 0.500. The van der Waals surface area contributed by atoms with Crippen molar-refractivity contribution in [2.75, 3.05) is 11.2 Å². The molecule has 1 aliphatic rings. The van der Waals surface area contributed by atoms with Crippen LogP contribution in [0.25, 0.3) is 0 Å². The third-order valence-electron chi connectivity index (χ3n) is 3.35. The molecular formula is C14H18ClNO. The van der Waals surface area contributed by atoms with Gasteiger partial charge in [-0.15, -0.1) is 11.6 Å². The van der Waals surface area contributed by atoms with Crippen LogP contribution in [0.1, 0.15) is 25.3 Å². The largest absolute Gasteiger partial charge is 0.326 e. The van der Waals surface area contributed by atoms with Crippen molar-refractivity contribution in [2.24, 2.45) is 11.8 Å². The van der Waals surface area contributed by atoms with Crippen molar-refractivity contribution < 1.29 is 4.79 Å². The average Bonchev–Trinajstić information content (AvgIpc) is 3.15. The molecule has 0 heterocycles. The van der Waals surface area contributed by atoms with Gasteiger partial charge in [0.05, 0.1) is 0 Å². The maximum Gasteiger partial charge on any atom is 0.227 e. The molecule has 1 atom stereocenters. The van der Waals surface area contributed by atoms with Gasteiger partial charge in [0.1, 0.15) is 0 Å². The summed E-state index contributed by atoms with van der Waals surface area (Å²) in [6.07, 6.45) is 3.26. The number of carbonyl (C=O) groups excluding carboxylic acids is 1. The SMILES string of the molecule is CC(C(=O)Nc1ccc(CCCl)cc1)C1CC1. The van der Waals surface area contributed by atoms with Crippen LogP contribution in [0.3, 0.4) is 0 Å². The molecule has 1 aliphatic carbocycles. The van der Waals surface area contributed by atoms with E-state index >= 15 is 0 Å². The van der Waals surface area contributed by atoms with Crippen LogP contribution >= 0.6 is 11.6 Å². The van der Waals surface area contributed by atoms with Crippen LogP contribution < -0.4 is 5.32 Å². The zero-order valence-corrected chi connectivity index (χ0v) is 10.8. The van der Waals surface area contributed by atoms with E-state index in [1.54, 1.807) is 0 Å². The molecule has 0 bridgehead atoms. The van der Waals surface area contributed by atoms with Gasteiger partial charge in [-0.1, -0.05) is 19.1 Å². The molecule has 1 aromatic carbocycles. The number of halogens is 1. The van der Waals surface area contributed by atoms with E-state index in [0.717, 1.165) is 12.1 Å². The summed E-state index contributed by atoms with van der Waals surface area (Å²) in [6.45, 7) is 2.01. The molecule has 1 saturated carbocycles. The Labute approximate surface area is 107 Å². The molecule has 2 rings (SSSR count). The average molecular weight is 252 g/mol. The van der Waals surface area contributed by atoms with E-state index in [2.05, 4.69) is 5.32 Å². The molecule has 1 N–H and O–H groups in total.